The van der Waals surface area contributed by atoms with Crippen LogP contribution < -0.4 is 11.2 Å². The van der Waals surface area contributed by atoms with Gasteiger partial charge in [-0.15, -0.1) is 0 Å². The molecule has 5 aliphatic carbocycles. The Balaban J connectivity index is 1.60. The fourth-order valence-electron chi connectivity index (χ4n) is 6.40. The average molecular weight is 233 g/mol. The molecule has 5 rings (SSSR count). The van der Waals surface area contributed by atoms with E-state index in [4.69, 9.17) is 18.0 Å². The molecule has 4 heteroatoms. The molecule has 0 aromatic rings. The van der Waals surface area contributed by atoms with Crippen LogP contribution in [0.25, 0.3) is 0 Å². The third kappa shape index (κ3) is 0.643. The van der Waals surface area contributed by atoms with Gasteiger partial charge in [0.15, 0.2) is 5.11 Å². The van der Waals surface area contributed by atoms with Crippen LogP contribution in [0.2, 0.25) is 0 Å². The van der Waals surface area contributed by atoms with E-state index in [2.05, 4.69) is 10.5 Å². The first-order valence-corrected chi connectivity index (χ1v) is 6.81. The summed E-state index contributed by atoms with van der Waals surface area (Å²) in [6.45, 7) is 0. The second-order valence-corrected chi connectivity index (χ2v) is 6.79. The monoisotopic (exact) mass is 233 g/mol. The van der Waals surface area contributed by atoms with Crippen molar-refractivity contribution in [1.29, 1.82) is 0 Å². The summed E-state index contributed by atoms with van der Waals surface area (Å²) in [4.78, 5) is 0. The Labute approximate surface area is 99.8 Å². The molecule has 0 unspecified atom stereocenters. The van der Waals surface area contributed by atoms with E-state index >= 15 is 0 Å². The molecule has 2 bridgehead atoms. The fourth-order valence-corrected chi connectivity index (χ4v) is 6.45. The van der Waals surface area contributed by atoms with Gasteiger partial charge in [0.05, 0.1) is 0 Å². The van der Waals surface area contributed by atoms with Crippen LogP contribution in [0.1, 0.15) is 12.8 Å². The van der Waals surface area contributed by atoms with Gasteiger partial charge in [-0.3, -0.25) is 5.43 Å². The normalized spacial score (nSPS) is 64.4. The number of hydrazone groups is 1. The van der Waals surface area contributed by atoms with Crippen molar-refractivity contribution in [1.82, 2.24) is 5.43 Å². The van der Waals surface area contributed by atoms with Crippen molar-refractivity contribution < 1.29 is 0 Å². The molecule has 3 N–H and O–H groups in total. The van der Waals surface area contributed by atoms with E-state index in [0.29, 0.717) is 5.11 Å². The van der Waals surface area contributed by atoms with Gasteiger partial charge in [0.2, 0.25) is 0 Å². The van der Waals surface area contributed by atoms with Crippen LogP contribution in [0.5, 0.6) is 0 Å². The number of hydrogen-bond donors (Lipinski definition) is 2. The molecule has 0 heterocycles. The molecule has 16 heavy (non-hydrogen) atoms. The average Bonchev–Trinajstić information content (AvgIpc) is 2.72. The van der Waals surface area contributed by atoms with Gasteiger partial charge in [-0.25, -0.2) is 0 Å². The lowest BCUT2D eigenvalue weighted by molar-refractivity contribution is 0.0503. The molecule has 5 saturated carbocycles. The predicted octanol–water partition coefficient (Wildman–Crippen LogP) is 0.953. The van der Waals surface area contributed by atoms with Crippen LogP contribution in [0, 0.1) is 47.3 Å². The highest BCUT2D eigenvalue weighted by atomic mass is 32.1. The molecule has 0 radical (unpaired) electrons. The number of fused-ring (bicyclic) bond motifs is 2. The predicted molar refractivity (Wildman–Crippen MR) is 64.5 cm³/mol. The smallest absolute Gasteiger partial charge is 0.184 e. The van der Waals surface area contributed by atoms with E-state index in [1.54, 1.807) is 0 Å². The van der Waals surface area contributed by atoms with Gasteiger partial charge in [-0.1, -0.05) is 0 Å². The maximum atomic E-state index is 5.47. The van der Waals surface area contributed by atoms with Crippen LogP contribution in [-0.4, -0.2) is 10.8 Å². The lowest BCUT2D eigenvalue weighted by Crippen LogP contribution is -2.44. The molecular formula is C12H15N3S. The zero-order chi connectivity index (χ0) is 10.6. The molecule has 0 aromatic carbocycles. The van der Waals surface area contributed by atoms with Crippen molar-refractivity contribution in [2.45, 2.75) is 12.8 Å². The molecule has 0 amide bonds. The SMILES string of the molecule is NC(=S)N/N=C1/[C@@H]2[C@@H]3C[C@H]4[C@H]1[C@H]1[C@H]2C[C@@H]3[C@H]41. The number of hydrogen-bond acceptors (Lipinski definition) is 2. The van der Waals surface area contributed by atoms with Gasteiger partial charge in [-0.2, -0.15) is 5.10 Å². The summed E-state index contributed by atoms with van der Waals surface area (Å²) in [7, 11) is 0. The quantitative estimate of drug-likeness (QED) is 0.524. The molecule has 8 atom stereocenters. The van der Waals surface area contributed by atoms with E-state index in [0.717, 1.165) is 47.3 Å². The van der Waals surface area contributed by atoms with Crippen molar-refractivity contribution in [2.75, 3.05) is 0 Å². The molecular weight excluding hydrogens is 218 g/mol. The first-order valence-electron chi connectivity index (χ1n) is 6.40. The lowest BCUT2D eigenvalue weighted by Gasteiger charge is -2.44. The summed E-state index contributed by atoms with van der Waals surface area (Å²) in [5.41, 5.74) is 9.75. The first-order chi connectivity index (χ1) is 7.77. The Kier molecular flexibility index (Phi) is 1.22. The maximum absolute atomic E-state index is 5.47. The van der Waals surface area contributed by atoms with Gasteiger partial charge in [0.25, 0.3) is 0 Å². The summed E-state index contributed by atoms with van der Waals surface area (Å²) in [5, 5.41) is 4.85. The number of nitrogens with one attached hydrogen (secondary N) is 1. The minimum Gasteiger partial charge on any atom is -0.375 e. The lowest BCUT2D eigenvalue weighted by atomic mass is 9.59. The van der Waals surface area contributed by atoms with Crippen LogP contribution >= 0.6 is 12.2 Å². The standard InChI is InChI=1S/C12H15N3S/c13-12(16)15-14-11-8-4-2-5-7-3(4)1-6(8)9(7)10(5)11/h3-10H,1-2H2,(H3,13,15,16)/b14-11-/t3-,4+,5+,6-,7+,8+,9-,10-/m0/s1. The highest BCUT2D eigenvalue weighted by molar-refractivity contribution is 7.80. The van der Waals surface area contributed by atoms with Crippen molar-refractivity contribution in [3.63, 3.8) is 0 Å². The van der Waals surface area contributed by atoms with Gasteiger partial charge < -0.3 is 5.73 Å². The zero-order valence-corrected chi connectivity index (χ0v) is 9.78. The number of thiocarbonyl (C=S) groups is 1. The molecule has 0 aromatic heterocycles. The Morgan fingerprint density at radius 2 is 1.88 bits per heavy atom. The number of nitrogens with two attached hydrogens (primary N) is 1. The van der Waals surface area contributed by atoms with Gasteiger partial charge in [-0.05, 0) is 60.6 Å². The topological polar surface area (TPSA) is 50.4 Å². The van der Waals surface area contributed by atoms with Gasteiger partial charge >= 0.3 is 0 Å². The molecule has 0 saturated heterocycles. The fraction of sp³-hybridized carbons (Fsp3) is 0.833. The Morgan fingerprint density at radius 3 is 2.69 bits per heavy atom. The van der Waals surface area contributed by atoms with Crippen molar-refractivity contribution in [2.24, 2.45) is 58.2 Å². The van der Waals surface area contributed by atoms with Crippen molar-refractivity contribution >= 4 is 23.0 Å². The Hall–Kier alpha value is -0.640. The molecule has 3 nitrogen and oxygen atoms in total. The summed E-state index contributed by atoms with van der Waals surface area (Å²) in [6, 6.07) is 0. The third-order valence-corrected chi connectivity index (χ3v) is 6.43. The summed E-state index contributed by atoms with van der Waals surface area (Å²) < 4.78 is 0. The van der Waals surface area contributed by atoms with E-state index in [1.807, 2.05) is 0 Å². The summed E-state index contributed by atoms with van der Waals surface area (Å²) >= 11 is 4.84. The van der Waals surface area contributed by atoms with Crippen molar-refractivity contribution in [3.05, 3.63) is 0 Å². The highest BCUT2D eigenvalue weighted by Gasteiger charge is 2.79. The van der Waals surface area contributed by atoms with Gasteiger partial charge in [0.1, 0.15) is 0 Å². The Bertz CT molecular complexity index is 440. The largest absolute Gasteiger partial charge is 0.375 e. The minimum atomic E-state index is 0.311. The first kappa shape index (κ1) is 8.45. The molecule has 5 aliphatic rings. The Morgan fingerprint density at radius 1 is 1.12 bits per heavy atom. The van der Waals surface area contributed by atoms with Gasteiger partial charge in [0, 0.05) is 17.5 Å². The second-order valence-electron chi connectivity index (χ2n) is 6.35. The van der Waals surface area contributed by atoms with E-state index in [-0.39, 0.29) is 0 Å². The molecule has 84 valence electrons. The summed E-state index contributed by atoms with van der Waals surface area (Å²) in [5.74, 6) is 7.72. The molecule has 0 aliphatic heterocycles. The van der Waals surface area contributed by atoms with Crippen LogP contribution in [0.15, 0.2) is 5.10 Å². The van der Waals surface area contributed by atoms with Crippen molar-refractivity contribution in [3.8, 4) is 0 Å². The summed E-state index contributed by atoms with van der Waals surface area (Å²) in [6.07, 6.45) is 3.01. The minimum absolute atomic E-state index is 0.311. The highest BCUT2D eigenvalue weighted by Crippen LogP contribution is 2.81. The maximum Gasteiger partial charge on any atom is 0.184 e. The van der Waals surface area contributed by atoms with Crippen LogP contribution in [0.4, 0.5) is 0 Å². The zero-order valence-electron chi connectivity index (χ0n) is 8.97. The number of rotatable bonds is 1. The van der Waals surface area contributed by atoms with Crippen LogP contribution in [-0.2, 0) is 0 Å². The second kappa shape index (κ2) is 2.30. The van der Waals surface area contributed by atoms with Crippen LogP contribution in [0.3, 0.4) is 0 Å². The molecule has 0 spiro atoms. The third-order valence-electron chi connectivity index (χ3n) is 6.34. The molecule has 5 fully saturated rings. The van der Waals surface area contributed by atoms with E-state index in [1.165, 1.54) is 18.6 Å². The van der Waals surface area contributed by atoms with E-state index < -0.39 is 0 Å². The van der Waals surface area contributed by atoms with E-state index in [9.17, 15) is 0 Å². The number of nitrogens with zero attached hydrogens (tertiary/aromatic N) is 1.